The molecule has 0 unspecified atom stereocenters. The van der Waals surface area contributed by atoms with Crippen LogP contribution in [0.4, 0.5) is 0 Å². The molecule has 1 N–H and O–H groups in total. The van der Waals surface area contributed by atoms with E-state index in [1.807, 2.05) is 36.5 Å². The first-order valence-corrected chi connectivity index (χ1v) is 7.15. The molecule has 2 aromatic carbocycles. The van der Waals surface area contributed by atoms with Crippen LogP contribution in [0.15, 0.2) is 48.7 Å². The quantitative estimate of drug-likeness (QED) is 0.784. The minimum absolute atomic E-state index is 0.287. The summed E-state index contributed by atoms with van der Waals surface area (Å²) in [6.07, 6.45) is 1.98. The van der Waals surface area contributed by atoms with Gasteiger partial charge in [-0.15, -0.1) is 0 Å². The lowest BCUT2D eigenvalue weighted by molar-refractivity contribution is 0.0697. The van der Waals surface area contributed by atoms with Crippen molar-refractivity contribution in [3.05, 3.63) is 59.8 Å². The maximum Gasteiger partial charge on any atom is 0.335 e. The summed E-state index contributed by atoms with van der Waals surface area (Å²) in [5.74, 6) is 0.576. The van der Waals surface area contributed by atoms with Crippen molar-refractivity contribution >= 4 is 16.9 Å². The zero-order valence-electron chi connectivity index (χ0n) is 12.9. The van der Waals surface area contributed by atoms with Crippen molar-refractivity contribution in [1.29, 1.82) is 0 Å². The van der Waals surface area contributed by atoms with E-state index in [1.54, 1.807) is 26.4 Å². The lowest BCUT2D eigenvalue weighted by Gasteiger charge is -2.10. The summed E-state index contributed by atoms with van der Waals surface area (Å²) in [6, 6.07) is 12.7. The molecule has 0 aliphatic heterocycles. The van der Waals surface area contributed by atoms with Crippen LogP contribution in [-0.4, -0.2) is 29.9 Å². The fraction of sp³-hybridized carbons (Fsp3) is 0.167. The number of carboxylic acids is 1. The molecule has 3 rings (SSSR count). The molecule has 0 atom stereocenters. The van der Waals surface area contributed by atoms with Crippen LogP contribution < -0.4 is 9.47 Å². The van der Waals surface area contributed by atoms with Crippen LogP contribution in [0.1, 0.15) is 15.9 Å². The molecule has 0 fully saturated rings. The second-order valence-corrected chi connectivity index (χ2v) is 5.21. The zero-order valence-corrected chi connectivity index (χ0v) is 12.9. The number of ether oxygens (including phenoxy) is 2. The first-order valence-electron chi connectivity index (χ1n) is 7.15. The zero-order chi connectivity index (χ0) is 16.4. The number of fused-ring (bicyclic) bond motifs is 1. The first kappa shape index (κ1) is 15.0. The average molecular weight is 311 g/mol. The monoisotopic (exact) mass is 311 g/mol. The van der Waals surface area contributed by atoms with Crippen LogP contribution in [-0.2, 0) is 6.54 Å². The largest absolute Gasteiger partial charge is 0.497 e. The van der Waals surface area contributed by atoms with Gasteiger partial charge in [0.15, 0.2) is 0 Å². The Labute approximate surface area is 133 Å². The molecule has 1 aromatic heterocycles. The van der Waals surface area contributed by atoms with E-state index in [9.17, 15) is 4.79 Å². The van der Waals surface area contributed by atoms with Crippen molar-refractivity contribution in [3.63, 3.8) is 0 Å². The second kappa shape index (κ2) is 6.04. The molecule has 0 aliphatic rings. The standard InChI is InChI=1S/C18H17NO4/c1-22-14-9-16-15(17(10-14)23-2)7-8-19(16)11-12-3-5-13(6-4-12)18(20)21/h3-10H,11H2,1-2H3,(H,20,21). The Morgan fingerprint density at radius 3 is 2.43 bits per heavy atom. The van der Waals surface area contributed by atoms with Gasteiger partial charge in [-0.2, -0.15) is 0 Å². The number of carbonyl (C=O) groups is 1. The number of methoxy groups -OCH3 is 2. The molecule has 0 bridgehead atoms. The number of carboxylic acid groups (broad SMARTS) is 1. The summed E-state index contributed by atoms with van der Waals surface area (Å²) in [5.41, 5.74) is 2.31. The molecule has 0 spiro atoms. The molecule has 5 heteroatoms. The molecule has 5 nitrogen and oxygen atoms in total. The highest BCUT2D eigenvalue weighted by atomic mass is 16.5. The molecular formula is C18H17NO4. The van der Waals surface area contributed by atoms with E-state index in [0.717, 1.165) is 28.0 Å². The number of benzene rings is 2. The fourth-order valence-electron chi connectivity index (χ4n) is 2.61. The van der Waals surface area contributed by atoms with E-state index < -0.39 is 5.97 Å². The summed E-state index contributed by atoms with van der Waals surface area (Å²) >= 11 is 0. The van der Waals surface area contributed by atoms with Gasteiger partial charge in [0.05, 0.1) is 25.3 Å². The van der Waals surface area contributed by atoms with Crippen molar-refractivity contribution in [3.8, 4) is 11.5 Å². The second-order valence-electron chi connectivity index (χ2n) is 5.21. The molecular weight excluding hydrogens is 294 g/mol. The summed E-state index contributed by atoms with van der Waals surface area (Å²) in [7, 11) is 3.26. The first-order chi connectivity index (χ1) is 11.1. The van der Waals surface area contributed by atoms with Gasteiger partial charge in [-0.3, -0.25) is 0 Å². The highest BCUT2D eigenvalue weighted by Crippen LogP contribution is 2.32. The number of hydrogen-bond donors (Lipinski definition) is 1. The Bertz CT molecular complexity index is 849. The van der Waals surface area contributed by atoms with Crippen LogP contribution in [0.2, 0.25) is 0 Å². The highest BCUT2D eigenvalue weighted by Gasteiger charge is 2.10. The normalized spacial score (nSPS) is 10.7. The van der Waals surface area contributed by atoms with E-state index in [0.29, 0.717) is 6.54 Å². The number of aromatic nitrogens is 1. The van der Waals surface area contributed by atoms with Crippen molar-refractivity contribution in [2.24, 2.45) is 0 Å². The fourth-order valence-corrected chi connectivity index (χ4v) is 2.61. The number of hydrogen-bond acceptors (Lipinski definition) is 3. The van der Waals surface area contributed by atoms with Crippen LogP contribution in [0, 0.1) is 0 Å². The molecule has 0 aliphatic carbocycles. The van der Waals surface area contributed by atoms with Gasteiger partial charge in [-0.1, -0.05) is 12.1 Å². The lowest BCUT2D eigenvalue weighted by atomic mass is 10.1. The van der Waals surface area contributed by atoms with E-state index in [4.69, 9.17) is 14.6 Å². The van der Waals surface area contributed by atoms with Crippen molar-refractivity contribution in [1.82, 2.24) is 4.57 Å². The molecule has 3 aromatic rings. The summed E-state index contributed by atoms with van der Waals surface area (Å²) in [4.78, 5) is 10.9. The van der Waals surface area contributed by atoms with Gasteiger partial charge in [0, 0.05) is 30.3 Å². The Morgan fingerprint density at radius 1 is 1.09 bits per heavy atom. The van der Waals surface area contributed by atoms with Crippen molar-refractivity contribution < 1.29 is 19.4 Å². The van der Waals surface area contributed by atoms with Crippen molar-refractivity contribution in [2.75, 3.05) is 14.2 Å². The third-order valence-corrected chi connectivity index (χ3v) is 3.83. The third kappa shape index (κ3) is 2.85. The molecule has 23 heavy (non-hydrogen) atoms. The van der Waals surface area contributed by atoms with Gasteiger partial charge < -0.3 is 19.1 Å². The number of nitrogens with zero attached hydrogens (tertiary/aromatic N) is 1. The Kier molecular flexibility index (Phi) is 3.93. The van der Waals surface area contributed by atoms with Crippen LogP contribution >= 0.6 is 0 Å². The lowest BCUT2D eigenvalue weighted by Crippen LogP contribution is -2.00. The van der Waals surface area contributed by atoms with Gasteiger partial charge in [-0.25, -0.2) is 4.79 Å². The molecule has 1 heterocycles. The van der Waals surface area contributed by atoms with Gasteiger partial charge in [0.25, 0.3) is 0 Å². The van der Waals surface area contributed by atoms with Crippen LogP contribution in [0.3, 0.4) is 0 Å². The van der Waals surface area contributed by atoms with E-state index in [2.05, 4.69) is 4.57 Å². The highest BCUT2D eigenvalue weighted by molar-refractivity contribution is 5.88. The summed E-state index contributed by atoms with van der Waals surface area (Å²) < 4.78 is 12.8. The Morgan fingerprint density at radius 2 is 1.83 bits per heavy atom. The molecule has 0 radical (unpaired) electrons. The number of aromatic carboxylic acids is 1. The van der Waals surface area contributed by atoms with E-state index >= 15 is 0 Å². The Hall–Kier alpha value is -2.95. The molecule has 0 amide bonds. The minimum Gasteiger partial charge on any atom is -0.497 e. The van der Waals surface area contributed by atoms with Gasteiger partial charge >= 0.3 is 5.97 Å². The van der Waals surface area contributed by atoms with Gasteiger partial charge in [0.1, 0.15) is 11.5 Å². The van der Waals surface area contributed by atoms with E-state index in [-0.39, 0.29) is 5.56 Å². The van der Waals surface area contributed by atoms with Crippen LogP contribution in [0.25, 0.3) is 10.9 Å². The molecule has 118 valence electrons. The summed E-state index contributed by atoms with van der Waals surface area (Å²) in [6.45, 7) is 0.639. The predicted octanol–water partition coefficient (Wildman–Crippen LogP) is 3.41. The molecule has 0 saturated carbocycles. The SMILES string of the molecule is COc1cc(OC)c2ccn(Cc3ccc(C(=O)O)cc3)c2c1. The maximum atomic E-state index is 10.9. The van der Waals surface area contributed by atoms with Gasteiger partial charge in [-0.05, 0) is 23.8 Å². The maximum absolute atomic E-state index is 10.9. The molecule has 0 saturated heterocycles. The predicted molar refractivity (Wildman–Crippen MR) is 87.5 cm³/mol. The average Bonchev–Trinajstić information content (AvgIpc) is 2.97. The third-order valence-electron chi connectivity index (χ3n) is 3.83. The summed E-state index contributed by atoms with van der Waals surface area (Å²) in [5, 5.41) is 9.97. The van der Waals surface area contributed by atoms with Crippen molar-refractivity contribution in [2.45, 2.75) is 6.54 Å². The van der Waals surface area contributed by atoms with Crippen LogP contribution in [0.5, 0.6) is 11.5 Å². The topological polar surface area (TPSA) is 60.7 Å². The van der Waals surface area contributed by atoms with E-state index in [1.165, 1.54) is 0 Å². The van der Waals surface area contributed by atoms with Gasteiger partial charge in [0.2, 0.25) is 0 Å². The minimum atomic E-state index is -0.919. The number of rotatable bonds is 5. The smallest absolute Gasteiger partial charge is 0.335 e. The Balaban J connectivity index is 1.98.